The Morgan fingerprint density at radius 1 is 1.00 bits per heavy atom. The number of hydrogen-bond acceptors (Lipinski definition) is 4. The van der Waals surface area contributed by atoms with Crippen LogP contribution in [0.25, 0.3) is 0 Å². The smallest absolute Gasteiger partial charge is 0.488 e. The van der Waals surface area contributed by atoms with Crippen LogP contribution in [0.1, 0.15) is 0 Å². The maximum atomic E-state index is 8.63. The molecule has 0 unspecified atom stereocenters. The van der Waals surface area contributed by atoms with Crippen molar-refractivity contribution in [3.05, 3.63) is 43.5 Å². The first-order chi connectivity index (χ1) is 6.39. The molecule has 0 aliphatic heterocycles. The Morgan fingerprint density at radius 2 is 1.31 bits per heavy atom. The summed E-state index contributed by atoms with van der Waals surface area (Å²) in [7, 11) is 0. The van der Waals surface area contributed by atoms with Crippen LogP contribution in [0.2, 0.25) is 0 Å². The average Bonchev–Trinajstić information content (AvgIpc) is 2.28. The van der Waals surface area contributed by atoms with E-state index in [9.17, 15) is 0 Å². The van der Waals surface area contributed by atoms with Crippen molar-refractivity contribution < 1.29 is 9.90 Å². The van der Waals surface area contributed by atoms with Gasteiger partial charge in [0.15, 0.2) is 0 Å². The number of phenols is 1. The summed E-state index contributed by atoms with van der Waals surface area (Å²) < 4.78 is 0. The molecule has 1 aromatic rings. The summed E-state index contributed by atoms with van der Waals surface area (Å²) in [6.45, 7) is 14.0. The standard InChI is InChI=1S/C6H6O.2CN.CO/c7-6-4-2-1-3-5-6;3*1-2/h1-5,7H;;;/q;2*-1;+2. The molecule has 0 atom stereocenters. The van der Waals surface area contributed by atoms with Crippen molar-refractivity contribution in [1.29, 1.82) is 10.5 Å². The van der Waals surface area contributed by atoms with E-state index in [1.54, 1.807) is 24.3 Å². The molecule has 0 saturated heterocycles. The molecule has 1 rings (SSSR count). The second-order valence-electron chi connectivity index (χ2n) is 1.34. The first-order valence-corrected chi connectivity index (χ1v) is 2.79. The SMILES string of the molecule is Oc1ccccc1.[C+2]=O.[C-]#N.[C-]#N. The minimum atomic E-state index is 0.322. The number of carbonyl (C=O) groups excluding carboxylic acids is 1. The summed E-state index contributed by atoms with van der Waals surface area (Å²) in [6, 6.07) is 8.71. The molecule has 0 aliphatic carbocycles. The normalized spacial score (nSPS) is 5.38. The second-order valence-corrected chi connectivity index (χ2v) is 1.34. The number of para-hydroxylation sites is 1. The fraction of sp³-hybridized carbons (Fsp3) is 0. The van der Waals surface area contributed by atoms with Gasteiger partial charge in [0, 0.05) is 0 Å². The Labute approximate surface area is 77.3 Å². The molecule has 0 radical (unpaired) electrons. The number of benzene rings is 1. The van der Waals surface area contributed by atoms with Gasteiger partial charge in [0.1, 0.15) is 5.75 Å². The third-order valence-corrected chi connectivity index (χ3v) is 0.756. The number of nitrogens with zero attached hydrogens (tertiary/aromatic N) is 2. The van der Waals surface area contributed by atoms with E-state index in [1.807, 2.05) is 6.07 Å². The molecule has 0 aliphatic rings. The van der Waals surface area contributed by atoms with Crippen molar-refractivity contribution in [2.24, 2.45) is 0 Å². The maximum Gasteiger partial charge on any atom is -0.488 e. The third-order valence-electron chi connectivity index (χ3n) is 0.756. The van der Waals surface area contributed by atoms with Gasteiger partial charge in [-0.25, -0.2) is 0 Å². The summed E-state index contributed by atoms with van der Waals surface area (Å²) >= 11 is 0. The molecule has 0 spiro atoms. The predicted molar refractivity (Wildman–Crippen MR) is 43.7 cm³/mol. The molecule has 1 N–H and O–H groups in total. The number of hydrogen-bond donors (Lipinski definition) is 1. The monoisotopic (exact) mass is 174 g/mol. The molecule has 0 amide bonds. The van der Waals surface area contributed by atoms with Crippen molar-refractivity contribution in [3.8, 4) is 5.75 Å². The molecule has 0 saturated carbocycles. The molecule has 13 heavy (non-hydrogen) atoms. The van der Waals surface area contributed by atoms with Gasteiger partial charge < -0.3 is 28.8 Å². The van der Waals surface area contributed by atoms with Gasteiger partial charge in [-0.05, 0) is 12.1 Å². The van der Waals surface area contributed by atoms with E-state index in [1.165, 1.54) is 0 Å². The van der Waals surface area contributed by atoms with Gasteiger partial charge in [-0.1, -0.05) is 18.2 Å². The van der Waals surface area contributed by atoms with Crippen molar-refractivity contribution in [2.75, 3.05) is 0 Å². The van der Waals surface area contributed by atoms with Crippen LogP contribution < -0.4 is 0 Å². The fourth-order valence-electron chi connectivity index (χ4n) is 0.428. The van der Waals surface area contributed by atoms with Crippen molar-refractivity contribution >= 4 is 6.79 Å². The largest absolute Gasteiger partial charge is 0.512 e. The van der Waals surface area contributed by atoms with Crippen LogP contribution in [0.15, 0.2) is 30.3 Å². The molecule has 4 nitrogen and oxygen atoms in total. The zero-order valence-electron chi connectivity index (χ0n) is 6.64. The van der Waals surface area contributed by atoms with Gasteiger partial charge in [-0.15, -0.1) is 0 Å². The van der Waals surface area contributed by atoms with E-state index in [2.05, 4.69) is 6.79 Å². The summed E-state index contributed by atoms with van der Waals surface area (Å²) in [5, 5.41) is 21.1. The van der Waals surface area contributed by atoms with Crippen LogP contribution in [0.3, 0.4) is 0 Å². The fourth-order valence-corrected chi connectivity index (χ4v) is 0.428. The maximum absolute atomic E-state index is 8.63. The van der Waals surface area contributed by atoms with E-state index >= 15 is 0 Å². The van der Waals surface area contributed by atoms with Crippen LogP contribution in [0.4, 0.5) is 0 Å². The first-order valence-electron chi connectivity index (χ1n) is 2.79. The van der Waals surface area contributed by atoms with E-state index in [0.717, 1.165) is 0 Å². The number of phenolic OH excluding ortho intramolecular Hbond substituents is 1. The van der Waals surface area contributed by atoms with E-state index < -0.39 is 0 Å². The Hall–Kier alpha value is -2.20. The topological polar surface area (TPSA) is 84.9 Å². The van der Waals surface area contributed by atoms with Crippen molar-refractivity contribution in [1.82, 2.24) is 0 Å². The number of rotatable bonds is 0. The summed E-state index contributed by atoms with van der Waals surface area (Å²) in [6.07, 6.45) is 0. The van der Waals surface area contributed by atoms with Crippen LogP contribution >= 0.6 is 0 Å². The molecule has 0 bridgehead atoms. The van der Waals surface area contributed by atoms with Gasteiger partial charge in [0.2, 0.25) is 0 Å². The van der Waals surface area contributed by atoms with Gasteiger partial charge >= 0.3 is 11.6 Å². The Balaban J connectivity index is -0.000000144. The summed E-state index contributed by atoms with van der Waals surface area (Å²) in [5.41, 5.74) is 0. The molecule has 0 fully saturated rings. The minimum Gasteiger partial charge on any atom is -0.512 e. The molecule has 4 heteroatoms. The molecular formula is C9H6N2O2. The summed E-state index contributed by atoms with van der Waals surface area (Å²) in [5.74, 6) is 0.322. The second kappa shape index (κ2) is 22.6. The van der Waals surface area contributed by atoms with Gasteiger partial charge in [0.25, 0.3) is 0 Å². The van der Waals surface area contributed by atoms with Crippen molar-refractivity contribution in [2.45, 2.75) is 0 Å². The van der Waals surface area contributed by atoms with E-state index in [4.69, 9.17) is 33.6 Å². The summed E-state index contributed by atoms with van der Waals surface area (Å²) in [4.78, 5) is 7.50. The van der Waals surface area contributed by atoms with Crippen LogP contribution in [-0.4, -0.2) is 11.9 Å². The Kier molecular flexibility index (Phi) is 29.6. The zero-order chi connectivity index (χ0) is 11.1. The van der Waals surface area contributed by atoms with Gasteiger partial charge in [-0.2, -0.15) is 0 Å². The van der Waals surface area contributed by atoms with E-state index in [-0.39, 0.29) is 0 Å². The van der Waals surface area contributed by atoms with Crippen LogP contribution in [-0.2, 0) is 4.79 Å². The van der Waals surface area contributed by atoms with Crippen LogP contribution in [0, 0.1) is 23.7 Å². The quantitative estimate of drug-likeness (QED) is 0.598. The zero-order valence-corrected chi connectivity index (χ0v) is 6.64. The van der Waals surface area contributed by atoms with Gasteiger partial charge in [-0.3, -0.25) is 0 Å². The molecule has 0 heterocycles. The molecule has 1 aromatic carbocycles. The predicted octanol–water partition coefficient (Wildman–Crippen LogP) is 1.19. The average molecular weight is 174 g/mol. The first kappa shape index (κ1) is 17.0. The Bertz CT molecular complexity index is 213. The van der Waals surface area contributed by atoms with E-state index in [0.29, 0.717) is 5.75 Å². The third kappa shape index (κ3) is 17.7. The van der Waals surface area contributed by atoms with Gasteiger partial charge in [0.05, 0.1) is 0 Å². The molecule has 64 valence electrons. The van der Waals surface area contributed by atoms with Crippen LogP contribution in [0.5, 0.6) is 5.75 Å². The molecular weight excluding hydrogens is 168 g/mol. The minimum absolute atomic E-state index is 0.322. The number of aromatic hydroxyl groups is 1. The van der Waals surface area contributed by atoms with Crippen molar-refractivity contribution in [3.63, 3.8) is 0 Å². The Morgan fingerprint density at radius 3 is 1.46 bits per heavy atom. The molecule has 0 aromatic heterocycles.